The number of aliphatic hydroxyl groups is 1. The van der Waals surface area contributed by atoms with Crippen LogP contribution in [0.3, 0.4) is 0 Å². The van der Waals surface area contributed by atoms with E-state index in [1.54, 1.807) is 0 Å². The third-order valence-corrected chi connectivity index (χ3v) is 5.72. The van der Waals surface area contributed by atoms with E-state index < -0.39 is 5.91 Å². The highest BCUT2D eigenvalue weighted by molar-refractivity contribution is 6.02. The second-order valence-electron chi connectivity index (χ2n) is 7.78. The molecule has 0 atom stereocenters. The van der Waals surface area contributed by atoms with Crippen molar-refractivity contribution in [2.24, 2.45) is 5.73 Å². The monoisotopic (exact) mass is 404 g/mol. The Morgan fingerprint density at radius 1 is 0.933 bits per heavy atom. The molecule has 0 radical (unpaired) electrons. The maximum Gasteiger partial charge on any atom is 0.251 e. The van der Waals surface area contributed by atoms with Crippen LogP contribution in [0.15, 0.2) is 54.6 Å². The molecule has 1 heterocycles. The predicted octanol–water partition coefficient (Wildman–Crippen LogP) is 5.34. The zero-order valence-corrected chi connectivity index (χ0v) is 18.0. The fourth-order valence-corrected chi connectivity index (χ4v) is 4.20. The van der Waals surface area contributed by atoms with Crippen molar-refractivity contribution in [2.45, 2.75) is 52.5 Å². The Hall–Kier alpha value is -2.85. The van der Waals surface area contributed by atoms with Crippen molar-refractivity contribution in [3.8, 4) is 22.3 Å². The number of nitrogens with two attached hydrogens (primary N) is 1. The van der Waals surface area contributed by atoms with Crippen LogP contribution in [-0.4, -0.2) is 22.2 Å². The van der Waals surface area contributed by atoms with Crippen LogP contribution >= 0.6 is 0 Å². The summed E-state index contributed by atoms with van der Waals surface area (Å²) in [6, 6.07) is 18.6. The van der Waals surface area contributed by atoms with E-state index in [1.165, 1.54) is 5.56 Å². The van der Waals surface area contributed by atoms with E-state index in [0.717, 1.165) is 53.8 Å². The van der Waals surface area contributed by atoms with Gasteiger partial charge < -0.3 is 15.4 Å². The number of amides is 1. The van der Waals surface area contributed by atoms with Crippen molar-refractivity contribution in [3.63, 3.8) is 0 Å². The second-order valence-corrected chi connectivity index (χ2v) is 7.78. The second kappa shape index (κ2) is 10.3. The molecule has 0 unspecified atom stereocenters. The fourth-order valence-electron chi connectivity index (χ4n) is 4.20. The van der Waals surface area contributed by atoms with Crippen molar-refractivity contribution in [1.29, 1.82) is 0 Å². The third-order valence-electron chi connectivity index (χ3n) is 5.72. The first-order valence-corrected chi connectivity index (χ1v) is 10.9. The van der Waals surface area contributed by atoms with Gasteiger partial charge in [-0.1, -0.05) is 74.4 Å². The van der Waals surface area contributed by atoms with Crippen LogP contribution in [0, 0.1) is 6.92 Å². The van der Waals surface area contributed by atoms with Gasteiger partial charge in [0.2, 0.25) is 0 Å². The molecule has 4 nitrogen and oxygen atoms in total. The molecule has 0 aliphatic carbocycles. The van der Waals surface area contributed by atoms with Crippen LogP contribution < -0.4 is 5.73 Å². The van der Waals surface area contributed by atoms with Crippen LogP contribution in [0.2, 0.25) is 0 Å². The van der Waals surface area contributed by atoms with Gasteiger partial charge in [-0.2, -0.15) is 0 Å². The average Bonchev–Trinajstić information content (AvgIpc) is 3.04. The van der Waals surface area contributed by atoms with Crippen LogP contribution in [0.5, 0.6) is 0 Å². The Morgan fingerprint density at radius 2 is 1.57 bits per heavy atom. The lowest BCUT2D eigenvalue weighted by Gasteiger charge is -2.13. The summed E-state index contributed by atoms with van der Waals surface area (Å²) in [5.74, 6) is -0.394. The number of nitrogens with zero attached hydrogens (tertiary/aromatic N) is 1. The molecule has 4 heteroatoms. The molecule has 3 aromatic rings. The molecule has 3 N–H and O–H groups in total. The Morgan fingerprint density at radius 3 is 2.17 bits per heavy atom. The third kappa shape index (κ3) is 4.65. The highest BCUT2D eigenvalue weighted by Crippen LogP contribution is 2.35. The largest absolute Gasteiger partial charge is 0.396 e. The Bertz CT molecular complexity index is 973. The molecule has 30 heavy (non-hydrogen) atoms. The summed E-state index contributed by atoms with van der Waals surface area (Å²) in [5.41, 5.74) is 12.8. The van der Waals surface area contributed by atoms with Crippen molar-refractivity contribution in [2.75, 3.05) is 6.61 Å². The van der Waals surface area contributed by atoms with Gasteiger partial charge in [0.1, 0.15) is 0 Å². The summed E-state index contributed by atoms with van der Waals surface area (Å²) in [4.78, 5) is 12.4. The lowest BCUT2D eigenvalue weighted by molar-refractivity contribution is 0.1000. The molecule has 0 aliphatic rings. The van der Waals surface area contributed by atoms with Crippen LogP contribution in [0.25, 0.3) is 22.3 Å². The van der Waals surface area contributed by atoms with E-state index in [1.807, 2.05) is 25.1 Å². The molecule has 3 rings (SSSR count). The number of aromatic nitrogens is 1. The van der Waals surface area contributed by atoms with Gasteiger partial charge in [-0.25, -0.2) is 0 Å². The van der Waals surface area contributed by atoms with Gasteiger partial charge in [0.25, 0.3) is 5.91 Å². The minimum Gasteiger partial charge on any atom is -0.396 e. The first-order chi connectivity index (χ1) is 14.6. The highest BCUT2D eigenvalue weighted by Gasteiger charge is 2.24. The minimum absolute atomic E-state index is 0.124. The van der Waals surface area contributed by atoms with E-state index in [-0.39, 0.29) is 6.61 Å². The number of carbonyl (C=O) groups excluding carboxylic acids is 1. The number of primary amides is 1. The number of unbranched alkanes of at least 4 members (excludes halogenated alkanes) is 2. The summed E-state index contributed by atoms with van der Waals surface area (Å²) >= 11 is 0. The summed E-state index contributed by atoms with van der Waals surface area (Å²) in [6.07, 6.45) is 4.89. The Labute approximate surface area is 179 Å². The van der Waals surface area contributed by atoms with Gasteiger partial charge in [0, 0.05) is 30.1 Å². The maximum absolute atomic E-state index is 12.4. The smallest absolute Gasteiger partial charge is 0.251 e. The number of hydrogen-bond donors (Lipinski definition) is 2. The molecule has 158 valence electrons. The van der Waals surface area contributed by atoms with Crippen LogP contribution in [0.4, 0.5) is 0 Å². The molecule has 0 saturated heterocycles. The van der Waals surface area contributed by atoms with Crippen molar-refractivity contribution in [3.05, 3.63) is 71.5 Å². The number of hydrogen-bond acceptors (Lipinski definition) is 2. The number of benzene rings is 2. The standard InChI is InChI=1S/C26H32N2O2/c1-3-4-6-12-23-25(24(26(27)30)19(2)28(23)17-9-18-29)22-15-13-21(14-16-22)20-10-7-5-8-11-20/h5,7-8,10-11,13-16,29H,3-4,6,9,12,17-18H2,1-2H3,(H2,27,30). The molecule has 0 saturated carbocycles. The van der Waals surface area contributed by atoms with Crippen molar-refractivity contribution in [1.82, 2.24) is 4.57 Å². The lowest BCUT2D eigenvalue weighted by atomic mass is 9.95. The first-order valence-electron chi connectivity index (χ1n) is 10.9. The van der Waals surface area contributed by atoms with Gasteiger partial charge >= 0.3 is 0 Å². The predicted molar refractivity (Wildman–Crippen MR) is 123 cm³/mol. The Kier molecular flexibility index (Phi) is 7.47. The van der Waals surface area contributed by atoms with E-state index in [2.05, 4.69) is 47.9 Å². The van der Waals surface area contributed by atoms with Gasteiger partial charge in [-0.05, 0) is 42.9 Å². The zero-order chi connectivity index (χ0) is 21.5. The summed E-state index contributed by atoms with van der Waals surface area (Å²) < 4.78 is 2.19. The van der Waals surface area contributed by atoms with E-state index in [9.17, 15) is 9.90 Å². The van der Waals surface area contributed by atoms with Gasteiger partial charge in [-0.15, -0.1) is 0 Å². The topological polar surface area (TPSA) is 68.2 Å². The summed E-state index contributed by atoms with van der Waals surface area (Å²) in [7, 11) is 0. The molecule has 1 aromatic heterocycles. The number of carbonyl (C=O) groups is 1. The molecule has 2 aromatic carbocycles. The van der Waals surface area contributed by atoms with E-state index >= 15 is 0 Å². The number of rotatable bonds is 10. The maximum atomic E-state index is 12.4. The SMILES string of the molecule is CCCCCc1c(-c2ccc(-c3ccccc3)cc2)c(C(N)=O)c(C)n1CCCO. The normalized spacial score (nSPS) is 11.0. The highest BCUT2D eigenvalue weighted by atomic mass is 16.3. The average molecular weight is 405 g/mol. The molecule has 0 aliphatic heterocycles. The van der Waals surface area contributed by atoms with Crippen molar-refractivity contribution >= 4 is 5.91 Å². The first kappa shape index (κ1) is 21.8. The molecule has 1 amide bonds. The molecular weight excluding hydrogens is 372 g/mol. The number of aliphatic hydroxyl groups excluding tert-OH is 1. The van der Waals surface area contributed by atoms with Crippen LogP contribution in [0.1, 0.15) is 54.4 Å². The zero-order valence-electron chi connectivity index (χ0n) is 18.0. The molecule has 0 fully saturated rings. The van der Waals surface area contributed by atoms with Crippen LogP contribution in [-0.2, 0) is 13.0 Å². The molecule has 0 spiro atoms. The molecule has 0 bridgehead atoms. The fraction of sp³-hybridized carbons (Fsp3) is 0.346. The molecular formula is C26H32N2O2. The summed E-state index contributed by atoms with van der Waals surface area (Å²) in [6.45, 7) is 4.96. The lowest BCUT2D eigenvalue weighted by Crippen LogP contribution is -2.13. The minimum atomic E-state index is -0.394. The Balaban J connectivity index is 2.09. The van der Waals surface area contributed by atoms with Gasteiger partial charge in [-0.3, -0.25) is 4.79 Å². The van der Waals surface area contributed by atoms with E-state index in [4.69, 9.17) is 5.73 Å². The van der Waals surface area contributed by atoms with E-state index in [0.29, 0.717) is 18.5 Å². The quantitative estimate of drug-likeness (QED) is 0.448. The van der Waals surface area contributed by atoms with Gasteiger partial charge in [0.05, 0.1) is 5.56 Å². The summed E-state index contributed by atoms with van der Waals surface area (Å²) in [5, 5.41) is 9.36. The van der Waals surface area contributed by atoms with Crippen molar-refractivity contribution < 1.29 is 9.90 Å². The van der Waals surface area contributed by atoms with Gasteiger partial charge in [0.15, 0.2) is 0 Å².